The molecule has 1 aliphatic heterocycles. The van der Waals surface area contributed by atoms with Gasteiger partial charge in [0.1, 0.15) is 0 Å². The summed E-state index contributed by atoms with van der Waals surface area (Å²) < 4.78 is 7.41. The Morgan fingerprint density at radius 3 is 2.69 bits per heavy atom. The number of morpholine rings is 1. The molecule has 1 fully saturated rings. The number of aryl methyl sites for hydroxylation is 1. The third-order valence-corrected chi connectivity index (χ3v) is 6.63. The van der Waals surface area contributed by atoms with Gasteiger partial charge in [-0.1, -0.05) is 36.4 Å². The Hall–Kier alpha value is -3.55. The lowest BCUT2D eigenvalue weighted by Gasteiger charge is -2.26. The number of carbonyl (C=O) groups is 1. The summed E-state index contributed by atoms with van der Waals surface area (Å²) in [5.41, 5.74) is 5.41. The molecule has 1 saturated heterocycles. The first-order valence-electron chi connectivity index (χ1n) is 12.2. The van der Waals surface area contributed by atoms with E-state index in [1.807, 2.05) is 67.2 Å². The summed E-state index contributed by atoms with van der Waals surface area (Å²) in [6.07, 6.45) is 3.93. The Bertz CT molecular complexity index is 1330. The van der Waals surface area contributed by atoms with Crippen molar-refractivity contribution < 1.29 is 9.53 Å². The smallest absolute Gasteiger partial charge is 0.252 e. The van der Waals surface area contributed by atoms with E-state index in [1.165, 1.54) is 0 Å². The van der Waals surface area contributed by atoms with Gasteiger partial charge in [-0.3, -0.25) is 14.4 Å². The first-order valence-corrected chi connectivity index (χ1v) is 12.2. The van der Waals surface area contributed by atoms with Gasteiger partial charge in [0.15, 0.2) is 0 Å². The number of ether oxygens (including phenoxy) is 1. The zero-order valence-electron chi connectivity index (χ0n) is 20.3. The number of pyridine rings is 1. The van der Waals surface area contributed by atoms with Crippen LogP contribution in [0.15, 0.2) is 67.0 Å². The normalized spacial score (nSPS) is 15.3. The largest absolute Gasteiger partial charge is 0.379 e. The number of nitrogens with one attached hydrogen (secondary N) is 1. The van der Waals surface area contributed by atoms with Gasteiger partial charge >= 0.3 is 0 Å². The molecule has 180 valence electrons. The maximum atomic E-state index is 13.0. The summed E-state index contributed by atoms with van der Waals surface area (Å²) in [5.74, 6) is -0.0750. The van der Waals surface area contributed by atoms with Gasteiger partial charge in [0, 0.05) is 42.3 Å². The van der Waals surface area contributed by atoms with Crippen molar-refractivity contribution in [2.24, 2.45) is 0 Å². The Morgan fingerprint density at radius 1 is 1.09 bits per heavy atom. The number of nitrogens with zero attached hydrogens (tertiary/aromatic N) is 4. The molecule has 35 heavy (non-hydrogen) atoms. The second-order valence-corrected chi connectivity index (χ2v) is 9.07. The molecule has 7 heteroatoms. The number of aromatic nitrogens is 3. The number of hydrogen-bond donors (Lipinski definition) is 1. The second-order valence-electron chi connectivity index (χ2n) is 9.07. The number of amides is 1. The zero-order chi connectivity index (χ0) is 24.2. The van der Waals surface area contributed by atoms with Crippen LogP contribution in [0.3, 0.4) is 0 Å². The lowest BCUT2D eigenvalue weighted by Crippen LogP contribution is -2.38. The second kappa shape index (κ2) is 10.4. The van der Waals surface area contributed by atoms with Crippen LogP contribution in [-0.4, -0.2) is 58.4 Å². The molecule has 2 aromatic heterocycles. The van der Waals surface area contributed by atoms with Crippen LogP contribution in [0.2, 0.25) is 0 Å². The first kappa shape index (κ1) is 23.2. The van der Waals surface area contributed by atoms with Crippen LogP contribution >= 0.6 is 0 Å². The molecule has 1 aliphatic rings. The van der Waals surface area contributed by atoms with Crippen molar-refractivity contribution in [3.05, 3.63) is 83.7 Å². The number of fused-ring (bicyclic) bond motifs is 1. The summed E-state index contributed by atoms with van der Waals surface area (Å²) in [4.78, 5) is 20.3. The summed E-state index contributed by atoms with van der Waals surface area (Å²) >= 11 is 0. The molecule has 1 unspecified atom stereocenters. The van der Waals surface area contributed by atoms with Gasteiger partial charge < -0.3 is 10.1 Å². The Morgan fingerprint density at radius 2 is 1.86 bits per heavy atom. The molecular weight excluding hydrogens is 438 g/mol. The molecule has 3 heterocycles. The summed E-state index contributed by atoms with van der Waals surface area (Å²) in [6.45, 7) is 9.28. The van der Waals surface area contributed by atoms with Gasteiger partial charge in [-0.05, 0) is 43.2 Å². The lowest BCUT2D eigenvalue weighted by molar-refractivity contribution is 0.0360. The number of carbonyl (C=O) groups excluding carboxylic acids is 1. The fourth-order valence-corrected chi connectivity index (χ4v) is 4.58. The van der Waals surface area contributed by atoms with Gasteiger partial charge in [0.25, 0.3) is 5.91 Å². The quantitative estimate of drug-likeness (QED) is 0.439. The third kappa shape index (κ3) is 5.26. The predicted octanol–water partition coefficient (Wildman–Crippen LogP) is 4.23. The minimum atomic E-state index is -0.190. The van der Waals surface area contributed by atoms with Crippen LogP contribution in [0.5, 0.6) is 0 Å². The molecule has 1 N–H and O–H groups in total. The number of hydrogen-bond acceptors (Lipinski definition) is 5. The third-order valence-electron chi connectivity index (χ3n) is 6.63. The van der Waals surface area contributed by atoms with Crippen molar-refractivity contribution in [3.8, 4) is 11.3 Å². The molecule has 5 rings (SSSR count). The van der Waals surface area contributed by atoms with E-state index < -0.39 is 0 Å². The topological polar surface area (TPSA) is 72.3 Å². The molecule has 0 bridgehead atoms. The van der Waals surface area contributed by atoms with E-state index in [2.05, 4.69) is 33.6 Å². The van der Waals surface area contributed by atoms with E-state index in [-0.39, 0.29) is 11.9 Å². The first-order chi connectivity index (χ1) is 17.1. The molecular formula is C28H31N5O2. The molecule has 0 radical (unpaired) electrons. The van der Waals surface area contributed by atoms with E-state index >= 15 is 0 Å². The average Bonchev–Trinajstić information content (AvgIpc) is 3.37. The van der Waals surface area contributed by atoms with Crippen molar-refractivity contribution >= 4 is 16.8 Å². The Balaban J connectivity index is 1.39. The van der Waals surface area contributed by atoms with Crippen LogP contribution in [-0.2, 0) is 11.3 Å². The fourth-order valence-electron chi connectivity index (χ4n) is 4.58. The monoisotopic (exact) mass is 469 g/mol. The molecule has 0 spiro atoms. The van der Waals surface area contributed by atoms with Crippen molar-refractivity contribution in [2.75, 3.05) is 32.8 Å². The fraction of sp³-hybridized carbons (Fsp3) is 0.321. The van der Waals surface area contributed by atoms with E-state index in [1.54, 1.807) is 0 Å². The Labute approximate surface area is 205 Å². The van der Waals surface area contributed by atoms with Gasteiger partial charge in [-0.25, -0.2) is 4.98 Å². The minimum absolute atomic E-state index is 0.0750. The number of para-hydroxylation sites is 1. The van der Waals surface area contributed by atoms with Gasteiger partial charge in [-0.2, -0.15) is 5.10 Å². The summed E-state index contributed by atoms with van der Waals surface area (Å²) in [7, 11) is 0. The standard InChI is InChI=1S/C28H31N5O2/c1-20-7-3-4-8-23(20)28(34)30-21(2)25-17-27(31-26-10-6-5-9-24(25)26)22-18-29-33(19-22)12-11-32-13-15-35-16-14-32/h3-10,17-19,21H,11-16H2,1-2H3,(H,30,34). The van der Waals surface area contributed by atoms with Crippen molar-refractivity contribution in [3.63, 3.8) is 0 Å². The van der Waals surface area contributed by atoms with Crippen LogP contribution in [0.25, 0.3) is 22.2 Å². The number of rotatable bonds is 7. The molecule has 1 atom stereocenters. The molecule has 1 amide bonds. The van der Waals surface area contributed by atoms with Crippen molar-refractivity contribution in [1.82, 2.24) is 25.0 Å². The van der Waals surface area contributed by atoms with Crippen molar-refractivity contribution in [1.29, 1.82) is 0 Å². The van der Waals surface area contributed by atoms with Crippen LogP contribution in [0.1, 0.15) is 34.5 Å². The maximum Gasteiger partial charge on any atom is 0.252 e. The molecule has 4 aromatic rings. The molecule has 0 saturated carbocycles. The number of benzene rings is 2. The summed E-state index contributed by atoms with van der Waals surface area (Å²) in [5, 5.41) is 8.80. The highest BCUT2D eigenvalue weighted by molar-refractivity contribution is 5.96. The highest BCUT2D eigenvalue weighted by Gasteiger charge is 2.18. The average molecular weight is 470 g/mol. The van der Waals surface area contributed by atoms with E-state index in [9.17, 15) is 4.79 Å². The summed E-state index contributed by atoms with van der Waals surface area (Å²) in [6, 6.07) is 17.6. The molecule has 7 nitrogen and oxygen atoms in total. The van der Waals surface area contributed by atoms with E-state index in [4.69, 9.17) is 9.72 Å². The van der Waals surface area contributed by atoms with Gasteiger partial charge in [-0.15, -0.1) is 0 Å². The van der Waals surface area contributed by atoms with Crippen LogP contribution < -0.4 is 5.32 Å². The lowest BCUT2D eigenvalue weighted by atomic mass is 9.99. The highest BCUT2D eigenvalue weighted by atomic mass is 16.5. The van der Waals surface area contributed by atoms with Gasteiger partial charge in [0.05, 0.1) is 43.2 Å². The zero-order valence-corrected chi connectivity index (χ0v) is 20.3. The SMILES string of the molecule is Cc1ccccc1C(=O)NC(C)c1cc(-c2cnn(CCN3CCOCC3)c2)nc2ccccc12. The highest BCUT2D eigenvalue weighted by Crippen LogP contribution is 2.29. The minimum Gasteiger partial charge on any atom is -0.379 e. The van der Waals surface area contributed by atoms with E-state index in [0.29, 0.717) is 5.56 Å². The van der Waals surface area contributed by atoms with Crippen LogP contribution in [0.4, 0.5) is 0 Å². The predicted molar refractivity (Wildman–Crippen MR) is 137 cm³/mol. The van der Waals surface area contributed by atoms with Crippen molar-refractivity contribution in [2.45, 2.75) is 26.4 Å². The van der Waals surface area contributed by atoms with Gasteiger partial charge in [0.2, 0.25) is 0 Å². The van der Waals surface area contributed by atoms with E-state index in [0.717, 1.165) is 72.7 Å². The molecule has 2 aromatic carbocycles. The maximum absolute atomic E-state index is 13.0. The molecule has 0 aliphatic carbocycles. The van der Waals surface area contributed by atoms with Crippen LogP contribution in [0, 0.1) is 6.92 Å². The Kier molecular flexibility index (Phi) is 6.88.